The maximum absolute atomic E-state index is 12.7. The van der Waals surface area contributed by atoms with Crippen LogP contribution >= 0.6 is 0 Å². The molecule has 9 heteroatoms. The molecule has 1 aromatic heterocycles. The fourth-order valence-corrected chi connectivity index (χ4v) is 4.19. The lowest BCUT2D eigenvalue weighted by Gasteiger charge is -2.10. The molecule has 1 heterocycles. The first kappa shape index (κ1) is 22.2. The predicted octanol–water partition coefficient (Wildman–Crippen LogP) is 4.25. The molecular formula is C24H20O8S. The van der Waals surface area contributed by atoms with Crippen LogP contribution in [-0.2, 0) is 10.1 Å². The molecule has 8 nitrogen and oxygen atoms in total. The molecule has 0 unspecified atom stereocenters. The molecule has 0 saturated heterocycles. The number of benzene rings is 3. The van der Waals surface area contributed by atoms with Crippen molar-refractivity contribution < 1.29 is 31.2 Å². The van der Waals surface area contributed by atoms with E-state index in [2.05, 4.69) is 0 Å². The second-order valence-corrected chi connectivity index (χ2v) is 8.48. The Labute approximate surface area is 190 Å². The fraction of sp³-hybridized carbons (Fsp3) is 0.125. The quantitative estimate of drug-likeness (QED) is 0.293. The summed E-state index contributed by atoms with van der Waals surface area (Å²) < 4.78 is 51.4. The summed E-state index contributed by atoms with van der Waals surface area (Å²) in [6, 6.07) is 17.0. The molecular weight excluding hydrogens is 448 g/mol. The Morgan fingerprint density at radius 2 is 1.42 bits per heavy atom. The molecule has 0 aliphatic rings. The Morgan fingerprint density at radius 3 is 2.09 bits per heavy atom. The highest BCUT2D eigenvalue weighted by Crippen LogP contribution is 2.32. The molecule has 0 saturated carbocycles. The number of fused-ring (bicyclic) bond motifs is 1. The third-order valence-electron chi connectivity index (χ3n) is 4.96. The lowest BCUT2D eigenvalue weighted by Crippen LogP contribution is -2.10. The zero-order valence-corrected chi connectivity index (χ0v) is 18.8. The third-order valence-corrected chi connectivity index (χ3v) is 6.22. The van der Waals surface area contributed by atoms with Crippen molar-refractivity contribution in [1.82, 2.24) is 0 Å². The summed E-state index contributed by atoms with van der Waals surface area (Å²) >= 11 is 0. The average molecular weight is 468 g/mol. The molecule has 0 atom stereocenters. The van der Waals surface area contributed by atoms with Crippen molar-refractivity contribution in [2.45, 2.75) is 4.90 Å². The Bertz CT molecular complexity index is 1470. The fourth-order valence-electron chi connectivity index (χ4n) is 3.27. The summed E-state index contributed by atoms with van der Waals surface area (Å²) in [6.45, 7) is 0. The van der Waals surface area contributed by atoms with E-state index in [1.54, 1.807) is 30.3 Å². The van der Waals surface area contributed by atoms with Crippen LogP contribution in [0.5, 0.6) is 23.0 Å². The topological polar surface area (TPSA) is 101 Å². The van der Waals surface area contributed by atoms with E-state index >= 15 is 0 Å². The standard InChI is InChI=1S/C24H20O8S/c1-28-17-7-9-19(10-8-17)33(26,27)32-18-6-4-16-12-20(24(25)31-22(16)14-18)15-5-11-21(29-2)23(13-15)30-3/h4-14H,1-3H3. The van der Waals surface area contributed by atoms with E-state index < -0.39 is 15.7 Å². The summed E-state index contributed by atoms with van der Waals surface area (Å²) in [4.78, 5) is 12.6. The molecule has 0 amide bonds. The minimum absolute atomic E-state index is 0.0142. The number of methoxy groups -OCH3 is 3. The van der Waals surface area contributed by atoms with Crippen LogP contribution in [0.4, 0.5) is 0 Å². The highest BCUT2D eigenvalue weighted by atomic mass is 32.2. The van der Waals surface area contributed by atoms with Crippen molar-refractivity contribution in [1.29, 1.82) is 0 Å². The van der Waals surface area contributed by atoms with Crippen LogP contribution in [0.2, 0.25) is 0 Å². The summed E-state index contributed by atoms with van der Waals surface area (Å²) in [7, 11) is 0.432. The molecule has 3 aromatic carbocycles. The molecule has 33 heavy (non-hydrogen) atoms. The lowest BCUT2D eigenvalue weighted by molar-refractivity contribution is 0.355. The van der Waals surface area contributed by atoms with Crippen molar-refractivity contribution in [2.24, 2.45) is 0 Å². The first-order valence-electron chi connectivity index (χ1n) is 9.73. The Hall–Kier alpha value is -3.98. The van der Waals surface area contributed by atoms with Gasteiger partial charge in [0.25, 0.3) is 0 Å². The SMILES string of the molecule is COc1ccc(S(=O)(=O)Oc2ccc3cc(-c4ccc(OC)c(OC)c4)c(=O)oc3c2)cc1. The third kappa shape index (κ3) is 4.49. The van der Waals surface area contributed by atoms with Gasteiger partial charge in [-0.05, 0) is 60.2 Å². The van der Waals surface area contributed by atoms with Gasteiger partial charge in [-0.25, -0.2) is 4.79 Å². The van der Waals surface area contributed by atoms with Crippen LogP contribution in [-0.4, -0.2) is 29.7 Å². The first-order valence-corrected chi connectivity index (χ1v) is 11.1. The number of ether oxygens (including phenoxy) is 3. The smallest absolute Gasteiger partial charge is 0.344 e. The van der Waals surface area contributed by atoms with Gasteiger partial charge < -0.3 is 22.8 Å². The van der Waals surface area contributed by atoms with Gasteiger partial charge in [0, 0.05) is 11.5 Å². The highest BCUT2D eigenvalue weighted by Gasteiger charge is 2.18. The van der Waals surface area contributed by atoms with Gasteiger partial charge in [-0.2, -0.15) is 8.42 Å². The highest BCUT2D eigenvalue weighted by molar-refractivity contribution is 7.87. The van der Waals surface area contributed by atoms with Crippen molar-refractivity contribution in [3.05, 3.63) is 77.2 Å². The van der Waals surface area contributed by atoms with Gasteiger partial charge in [-0.3, -0.25) is 0 Å². The Morgan fingerprint density at radius 1 is 0.727 bits per heavy atom. The summed E-state index contributed by atoms with van der Waals surface area (Å²) in [5.41, 5.74) is 0.505. The van der Waals surface area contributed by atoms with Gasteiger partial charge in [0.1, 0.15) is 22.0 Å². The normalized spacial score (nSPS) is 11.2. The molecule has 0 N–H and O–H groups in total. The predicted molar refractivity (Wildman–Crippen MR) is 122 cm³/mol. The zero-order chi connectivity index (χ0) is 23.6. The van der Waals surface area contributed by atoms with Crippen molar-refractivity contribution in [2.75, 3.05) is 21.3 Å². The van der Waals surface area contributed by atoms with Crippen LogP contribution in [0.15, 0.2) is 80.8 Å². The minimum atomic E-state index is -4.08. The van der Waals surface area contributed by atoms with Crippen molar-refractivity contribution in [3.8, 4) is 34.1 Å². The zero-order valence-electron chi connectivity index (χ0n) is 18.0. The lowest BCUT2D eigenvalue weighted by atomic mass is 10.1. The largest absolute Gasteiger partial charge is 0.497 e. The van der Waals surface area contributed by atoms with Gasteiger partial charge in [0.2, 0.25) is 0 Å². The molecule has 0 bridgehead atoms. The second kappa shape index (κ2) is 8.87. The minimum Gasteiger partial charge on any atom is -0.497 e. The summed E-state index contributed by atoms with van der Waals surface area (Å²) in [5, 5.41) is 0.591. The first-order chi connectivity index (χ1) is 15.8. The van der Waals surface area contributed by atoms with Crippen molar-refractivity contribution >= 4 is 21.1 Å². The number of rotatable bonds is 7. The van der Waals surface area contributed by atoms with E-state index in [4.69, 9.17) is 22.8 Å². The van der Waals surface area contributed by atoms with Crippen LogP contribution in [0.1, 0.15) is 0 Å². The maximum atomic E-state index is 12.7. The van der Waals surface area contributed by atoms with Crippen LogP contribution in [0.25, 0.3) is 22.1 Å². The molecule has 4 rings (SSSR count). The van der Waals surface area contributed by atoms with E-state index in [0.717, 1.165) is 0 Å². The van der Waals surface area contributed by atoms with Crippen molar-refractivity contribution in [3.63, 3.8) is 0 Å². The molecule has 0 radical (unpaired) electrons. The molecule has 0 fully saturated rings. The second-order valence-electron chi connectivity index (χ2n) is 6.93. The number of hydrogen-bond donors (Lipinski definition) is 0. The van der Waals surface area contributed by atoms with Crippen LogP contribution in [0.3, 0.4) is 0 Å². The molecule has 0 spiro atoms. The Balaban J connectivity index is 1.67. The Kier molecular flexibility index (Phi) is 5.97. The van der Waals surface area contributed by atoms with E-state index in [1.807, 2.05) is 0 Å². The van der Waals surface area contributed by atoms with E-state index in [0.29, 0.717) is 33.8 Å². The average Bonchev–Trinajstić information content (AvgIpc) is 2.83. The van der Waals surface area contributed by atoms with Gasteiger partial charge in [-0.15, -0.1) is 0 Å². The van der Waals surface area contributed by atoms with E-state index in [-0.39, 0.29) is 16.2 Å². The molecule has 170 valence electrons. The van der Waals surface area contributed by atoms with Crippen LogP contribution < -0.4 is 24.0 Å². The summed E-state index contributed by atoms with van der Waals surface area (Å²) in [5.74, 6) is 1.54. The maximum Gasteiger partial charge on any atom is 0.344 e. The van der Waals surface area contributed by atoms with Gasteiger partial charge >= 0.3 is 15.7 Å². The monoisotopic (exact) mass is 468 g/mol. The van der Waals surface area contributed by atoms with E-state index in [1.165, 1.54) is 57.7 Å². The summed E-state index contributed by atoms with van der Waals surface area (Å²) in [6.07, 6.45) is 0. The van der Waals surface area contributed by atoms with E-state index in [9.17, 15) is 13.2 Å². The van der Waals surface area contributed by atoms with Gasteiger partial charge in [-0.1, -0.05) is 6.07 Å². The molecule has 4 aromatic rings. The van der Waals surface area contributed by atoms with Gasteiger partial charge in [0.15, 0.2) is 11.5 Å². The molecule has 0 aliphatic carbocycles. The molecule has 0 aliphatic heterocycles. The number of hydrogen-bond acceptors (Lipinski definition) is 8. The van der Waals surface area contributed by atoms with Crippen LogP contribution in [0, 0.1) is 0 Å². The van der Waals surface area contributed by atoms with Gasteiger partial charge in [0.05, 0.1) is 26.9 Å².